The van der Waals surface area contributed by atoms with Gasteiger partial charge in [0.2, 0.25) is 0 Å². The van der Waals surface area contributed by atoms with Crippen molar-refractivity contribution in [3.05, 3.63) is 58.9 Å². The Balaban J connectivity index is 2.25. The van der Waals surface area contributed by atoms with Crippen molar-refractivity contribution in [2.75, 3.05) is 0 Å². The molecule has 0 aliphatic heterocycles. The van der Waals surface area contributed by atoms with Crippen LogP contribution in [0, 0.1) is 0 Å². The van der Waals surface area contributed by atoms with E-state index in [1.54, 1.807) is 0 Å². The Morgan fingerprint density at radius 3 is 2.50 bits per heavy atom. The molecule has 0 bridgehead atoms. The molecule has 102 valence electrons. The van der Waals surface area contributed by atoms with Crippen LogP contribution in [-0.4, -0.2) is 9.55 Å². The molecule has 3 aromatic rings. The molecule has 1 aromatic heterocycles. The normalized spacial score (nSPS) is 11.2. The SMILES string of the molecule is CCc1ccc(-n2c(CCl)nc3c(Cl)cccc32)cc1. The summed E-state index contributed by atoms with van der Waals surface area (Å²) in [5, 5.41) is 0.651. The first-order valence-corrected chi connectivity index (χ1v) is 7.47. The van der Waals surface area contributed by atoms with E-state index in [1.165, 1.54) is 5.56 Å². The van der Waals surface area contributed by atoms with E-state index in [-0.39, 0.29) is 0 Å². The highest BCUT2D eigenvalue weighted by atomic mass is 35.5. The Kier molecular flexibility index (Phi) is 3.68. The molecule has 1 heterocycles. The van der Waals surface area contributed by atoms with E-state index in [4.69, 9.17) is 23.2 Å². The van der Waals surface area contributed by atoms with E-state index in [9.17, 15) is 0 Å². The summed E-state index contributed by atoms with van der Waals surface area (Å²) in [6.07, 6.45) is 1.03. The predicted molar refractivity (Wildman–Crippen MR) is 85.0 cm³/mol. The van der Waals surface area contributed by atoms with Crippen molar-refractivity contribution in [1.29, 1.82) is 0 Å². The Hall–Kier alpha value is -1.51. The Bertz CT molecular complexity index is 745. The van der Waals surface area contributed by atoms with Crippen LogP contribution in [0.1, 0.15) is 18.3 Å². The Labute approximate surface area is 128 Å². The number of alkyl halides is 1. The van der Waals surface area contributed by atoms with Gasteiger partial charge in [-0.2, -0.15) is 0 Å². The fourth-order valence-corrected chi connectivity index (χ4v) is 2.76. The smallest absolute Gasteiger partial charge is 0.129 e. The summed E-state index contributed by atoms with van der Waals surface area (Å²) in [7, 11) is 0. The molecule has 0 spiro atoms. The highest BCUT2D eigenvalue weighted by Gasteiger charge is 2.13. The molecule has 0 aliphatic carbocycles. The molecule has 3 rings (SSSR count). The van der Waals surface area contributed by atoms with Crippen molar-refractivity contribution in [2.45, 2.75) is 19.2 Å². The number of rotatable bonds is 3. The van der Waals surface area contributed by atoms with E-state index in [2.05, 4.69) is 40.7 Å². The lowest BCUT2D eigenvalue weighted by atomic mass is 10.1. The van der Waals surface area contributed by atoms with Gasteiger partial charge < -0.3 is 0 Å². The van der Waals surface area contributed by atoms with Gasteiger partial charge >= 0.3 is 0 Å². The van der Waals surface area contributed by atoms with Crippen LogP contribution >= 0.6 is 23.2 Å². The van der Waals surface area contributed by atoms with Crippen LogP contribution in [0.4, 0.5) is 0 Å². The predicted octanol–water partition coefficient (Wildman–Crippen LogP) is 4.98. The van der Waals surface area contributed by atoms with Crippen LogP contribution in [0.3, 0.4) is 0 Å². The maximum absolute atomic E-state index is 6.22. The van der Waals surface area contributed by atoms with Crippen LogP contribution in [0.15, 0.2) is 42.5 Å². The van der Waals surface area contributed by atoms with E-state index in [1.807, 2.05) is 18.2 Å². The quantitative estimate of drug-likeness (QED) is 0.624. The molecule has 0 radical (unpaired) electrons. The van der Waals surface area contributed by atoms with Gasteiger partial charge in [-0.3, -0.25) is 4.57 Å². The van der Waals surface area contributed by atoms with Crippen molar-refractivity contribution >= 4 is 34.2 Å². The fourth-order valence-electron chi connectivity index (χ4n) is 2.37. The molecule has 0 saturated heterocycles. The molecule has 0 N–H and O–H groups in total. The largest absolute Gasteiger partial charge is 0.295 e. The maximum Gasteiger partial charge on any atom is 0.129 e. The zero-order valence-corrected chi connectivity index (χ0v) is 12.6. The van der Waals surface area contributed by atoms with Gasteiger partial charge in [0, 0.05) is 5.69 Å². The van der Waals surface area contributed by atoms with Crippen LogP contribution in [0.5, 0.6) is 0 Å². The molecule has 0 aliphatic rings. The van der Waals surface area contributed by atoms with Crippen molar-refractivity contribution in [3.8, 4) is 5.69 Å². The summed E-state index contributed by atoms with van der Waals surface area (Å²) in [5.74, 6) is 1.15. The number of aryl methyl sites for hydroxylation is 1. The number of benzene rings is 2. The molecule has 0 unspecified atom stereocenters. The second-order valence-corrected chi connectivity index (χ2v) is 5.30. The first-order valence-electron chi connectivity index (χ1n) is 6.55. The molecule has 0 atom stereocenters. The van der Waals surface area contributed by atoms with Crippen molar-refractivity contribution in [1.82, 2.24) is 9.55 Å². The lowest BCUT2D eigenvalue weighted by Crippen LogP contribution is -1.99. The van der Waals surface area contributed by atoms with Crippen molar-refractivity contribution in [3.63, 3.8) is 0 Å². The average molecular weight is 305 g/mol. The number of fused-ring (bicyclic) bond motifs is 1. The highest BCUT2D eigenvalue weighted by molar-refractivity contribution is 6.35. The van der Waals surface area contributed by atoms with Crippen LogP contribution < -0.4 is 0 Å². The second kappa shape index (κ2) is 5.47. The van der Waals surface area contributed by atoms with Crippen molar-refractivity contribution < 1.29 is 0 Å². The molecular formula is C16H14Cl2N2. The van der Waals surface area contributed by atoms with Crippen molar-refractivity contribution in [2.24, 2.45) is 0 Å². The minimum Gasteiger partial charge on any atom is -0.295 e. The van der Waals surface area contributed by atoms with Gasteiger partial charge in [-0.25, -0.2) is 4.98 Å². The highest BCUT2D eigenvalue weighted by Crippen LogP contribution is 2.27. The summed E-state index contributed by atoms with van der Waals surface area (Å²) in [6, 6.07) is 14.2. The third kappa shape index (κ3) is 2.19. The lowest BCUT2D eigenvalue weighted by molar-refractivity contribution is 0.979. The average Bonchev–Trinajstić information content (AvgIpc) is 2.87. The molecule has 2 aromatic carbocycles. The van der Waals surface area contributed by atoms with Crippen LogP contribution in [0.2, 0.25) is 5.02 Å². The summed E-state index contributed by atoms with van der Waals surface area (Å²) in [5.41, 5.74) is 4.15. The topological polar surface area (TPSA) is 17.8 Å². The molecule has 0 fully saturated rings. The summed E-state index contributed by atoms with van der Waals surface area (Å²) in [6.45, 7) is 2.14. The second-order valence-electron chi connectivity index (χ2n) is 4.62. The number of halogens is 2. The third-order valence-electron chi connectivity index (χ3n) is 3.43. The van der Waals surface area contributed by atoms with Gasteiger partial charge in [0.05, 0.1) is 16.4 Å². The number of para-hydroxylation sites is 1. The molecule has 0 amide bonds. The van der Waals surface area contributed by atoms with E-state index < -0.39 is 0 Å². The Morgan fingerprint density at radius 2 is 1.85 bits per heavy atom. The lowest BCUT2D eigenvalue weighted by Gasteiger charge is -2.08. The summed E-state index contributed by atoms with van der Waals surface area (Å²) < 4.78 is 2.06. The fraction of sp³-hybridized carbons (Fsp3) is 0.188. The molecule has 20 heavy (non-hydrogen) atoms. The Morgan fingerprint density at radius 1 is 1.10 bits per heavy atom. The standard InChI is InChI=1S/C16H14Cl2N2/c1-2-11-6-8-12(9-7-11)20-14-5-3-4-13(18)16(14)19-15(20)10-17/h3-9H,2,10H2,1H3. The van der Waals surface area contributed by atoms with E-state index >= 15 is 0 Å². The number of hydrogen-bond donors (Lipinski definition) is 0. The van der Waals surface area contributed by atoms with Gasteiger partial charge in [-0.1, -0.05) is 36.7 Å². The van der Waals surface area contributed by atoms with E-state index in [0.29, 0.717) is 10.9 Å². The van der Waals surface area contributed by atoms with Gasteiger partial charge in [-0.15, -0.1) is 11.6 Å². The summed E-state index contributed by atoms with van der Waals surface area (Å²) in [4.78, 5) is 4.55. The zero-order valence-electron chi connectivity index (χ0n) is 11.1. The minimum absolute atomic E-state index is 0.348. The monoisotopic (exact) mass is 304 g/mol. The van der Waals surface area contributed by atoms with Gasteiger partial charge in [0.1, 0.15) is 11.3 Å². The first kappa shape index (κ1) is 13.5. The molecular weight excluding hydrogens is 291 g/mol. The number of nitrogens with zero attached hydrogens (tertiary/aromatic N) is 2. The molecule has 2 nitrogen and oxygen atoms in total. The first-order chi connectivity index (χ1) is 9.74. The number of imidazole rings is 1. The van der Waals surface area contributed by atoms with Gasteiger partial charge in [0.15, 0.2) is 0 Å². The van der Waals surface area contributed by atoms with Gasteiger partial charge in [-0.05, 0) is 36.2 Å². The summed E-state index contributed by atoms with van der Waals surface area (Å²) >= 11 is 12.3. The van der Waals surface area contributed by atoms with E-state index in [0.717, 1.165) is 29.0 Å². The number of aromatic nitrogens is 2. The van der Waals surface area contributed by atoms with Crippen LogP contribution in [-0.2, 0) is 12.3 Å². The van der Waals surface area contributed by atoms with Gasteiger partial charge in [0.25, 0.3) is 0 Å². The maximum atomic E-state index is 6.22. The zero-order chi connectivity index (χ0) is 14.1. The van der Waals surface area contributed by atoms with Crippen LogP contribution in [0.25, 0.3) is 16.7 Å². The molecule has 4 heteroatoms. The minimum atomic E-state index is 0.348. The molecule has 0 saturated carbocycles. The third-order valence-corrected chi connectivity index (χ3v) is 3.97. The number of hydrogen-bond acceptors (Lipinski definition) is 1.